The first-order valence-electron chi connectivity index (χ1n) is 11.0. The molecule has 9 heteroatoms. The van der Waals surface area contributed by atoms with Gasteiger partial charge in [-0.05, 0) is 36.2 Å². The molecule has 0 radical (unpaired) electrons. The number of fused-ring (bicyclic) bond motifs is 1. The Kier molecular flexibility index (Phi) is 5.41. The van der Waals surface area contributed by atoms with Crippen molar-refractivity contribution in [3.63, 3.8) is 0 Å². The van der Waals surface area contributed by atoms with Crippen LogP contribution in [-0.2, 0) is 23.9 Å². The average molecular weight is 470 g/mol. The highest BCUT2D eigenvalue weighted by Gasteiger charge is 2.48. The van der Waals surface area contributed by atoms with Crippen LogP contribution in [0.1, 0.15) is 12.5 Å². The van der Waals surface area contributed by atoms with Gasteiger partial charge in [0.05, 0.1) is 12.7 Å². The van der Waals surface area contributed by atoms with E-state index in [1.165, 1.54) is 0 Å². The topological polar surface area (TPSA) is 110 Å². The quantitative estimate of drug-likeness (QED) is 0.297. The van der Waals surface area contributed by atoms with Crippen LogP contribution in [-0.4, -0.2) is 38.0 Å². The van der Waals surface area contributed by atoms with E-state index in [1.54, 1.807) is 52.8 Å². The summed E-state index contributed by atoms with van der Waals surface area (Å²) in [7, 11) is 1.84. The Morgan fingerprint density at radius 2 is 1.91 bits per heavy atom. The lowest BCUT2D eigenvalue weighted by molar-refractivity contribution is -0.124. The highest BCUT2D eigenvalue weighted by Crippen LogP contribution is 2.35. The van der Waals surface area contributed by atoms with Crippen molar-refractivity contribution in [1.82, 2.24) is 25.0 Å². The van der Waals surface area contributed by atoms with E-state index in [4.69, 9.17) is 4.74 Å². The average Bonchev–Trinajstić information content (AvgIpc) is 3.50. The molecule has 3 heterocycles. The number of amides is 3. The van der Waals surface area contributed by atoms with Gasteiger partial charge < -0.3 is 19.7 Å². The second kappa shape index (κ2) is 8.57. The fourth-order valence-corrected chi connectivity index (χ4v) is 4.30. The number of carbonyl (C=O) groups excluding carboxylic acids is 2. The summed E-state index contributed by atoms with van der Waals surface area (Å²) < 4.78 is 8.87. The summed E-state index contributed by atoms with van der Waals surface area (Å²) in [6.07, 6.45) is 5.39. The van der Waals surface area contributed by atoms with Gasteiger partial charge in [0.25, 0.3) is 5.91 Å². The molecule has 3 amide bonds. The van der Waals surface area contributed by atoms with Crippen LogP contribution in [0.15, 0.2) is 61.1 Å². The molecule has 0 bridgehead atoms. The Balaban J connectivity index is 1.51. The van der Waals surface area contributed by atoms with Crippen molar-refractivity contribution in [3.05, 3.63) is 66.6 Å². The van der Waals surface area contributed by atoms with Gasteiger partial charge in [0.2, 0.25) is 0 Å². The number of ether oxygens (including phenoxy) is 1. The fraction of sp³-hybridized carbons (Fsp3) is 0.192. The van der Waals surface area contributed by atoms with E-state index in [9.17, 15) is 14.7 Å². The standard InChI is InChI=1S/C26H23N5O4/c1-3-4-11-35-21-10-7-18-15-31(23(32)22(18)12-21)16-26(24(33)28-25(34)29-26)20-8-5-17(6-9-20)19-13-27-30(2)14-19/h5-10,12-15,32H,11,16H2,1-2H3,(H2,28,29,33,34)/t26-/m0/s1. The van der Waals surface area contributed by atoms with E-state index >= 15 is 0 Å². The Morgan fingerprint density at radius 3 is 2.57 bits per heavy atom. The number of hydrogen-bond donors (Lipinski definition) is 3. The van der Waals surface area contributed by atoms with Crippen molar-refractivity contribution >= 4 is 22.7 Å². The number of rotatable bonds is 6. The molecule has 1 aliphatic heterocycles. The summed E-state index contributed by atoms with van der Waals surface area (Å²) in [6.45, 7) is 1.97. The smallest absolute Gasteiger partial charge is 0.322 e. The van der Waals surface area contributed by atoms with E-state index in [1.807, 2.05) is 31.4 Å². The molecule has 0 aliphatic carbocycles. The summed E-state index contributed by atoms with van der Waals surface area (Å²) in [5, 5.41) is 21.6. The molecule has 5 rings (SSSR count). The SMILES string of the molecule is CC#CCOc1ccc2cn(C[C@@]3(c4ccc(-c5cnn(C)c5)cc4)NC(=O)NC3=O)c(O)c2c1. The van der Waals surface area contributed by atoms with Gasteiger partial charge in [-0.1, -0.05) is 30.2 Å². The third-order valence-electron chi connectivity index (χ3n) is 6.09. The van der Waals surface area contributed by atoms with Gasteiger partial charge >= 0.3 is 6.03 Å². The second-order valence-electron chi connectivity index (χ2n) is 8.34. The zero-order valence-corrected chi connectivity index (χ0v) is 19.2. The Hall–Kier alpha value is -4.71. The third kappa shape index (κ3) is 3.95. The number of aryl methyl sites for hydroxylation is 1. The van der Waals surface area contributed by atoms with Gasteiger partial charge in [-0.2, -0.15) is 5.10 Å². The van der Waals surface area contributed by atoms with Gasteiger partial charge in [0.1, 0.15) is 12.4 Å². The fourth-order valence-electron chi connectivity index (χ4n) is 4.30. The van der Waals surface area contributed by atoms with Crippen LogP contribution in [0.5, 0.6) is 11.6 Å². The van der Waals surface area contributed by atoms with E-state index in [0.717, 1.165) is 16.5 Å². The maximum absolute atomic E-state index is 13.1. The van der Waals surface area contributed by atoms with Crippen molar-refractivity contribution in [3.8, 4) is 34.6 Å². The van der Waals surface area contributed by atoms with E-state index in [-0.39, 0.29) is 19.0 Å². The molecule has 0 saturated carbocycles. The number of hydrogen-bond acceptors (Lipinski definition) is 5. The first-order valence-corrected chi connectivity index (χ1v) is 11.0. The van der Waals surface area contributed by atoms with Crippen molar-refractivity contribution in [2.75, 3.05) is 6.61 Å². The Labute approximate surface area is 201 Å². The van der Waals surface area contributed by atoms with Crippen LogP contribution in [0.4, 0.5) is 4.79 Å². The number of imide groups is 1. The first kappa shape index (κ1) is 22.1. The largest absolute Gasteiger partial charge is 0.494 e. The maximum atomic E-state index is 13.1. The molecule has 1 aliphatic rings. The van der Waals surface area contributed by atoms with Crippen LogP contribution in [0.25, 0.3) is 21.9 Å². The zero-order chi connectivity index (χ0) is 24.6. The predicted molar refractivity (Wildman–Crippen MR) is 130 cm³/mol. The molecule has 2 aromatic heterocycles. The van der Waals surface area contributed by atoms with Crippen molar-refractivity contribution in [2.24, 2.45) is 7.05 Å². The summed E-state index contributed by atoms with van der Waals surface area (Å²) in [4.78, 5) is 25.3. The molecule has 3 N–H and O–H groups in total. The molecule has 9 nitrogen and oxygen atoms in total. The van der Waals surface area contributed by atoms with E-state index in [2.05, 4.69) is 27.6 Å². The first-order chi connectivity index (χ1) is 16.9. The summed E-state index contributed by atoms with van der Waals surface area (Å²) >= 11 is 0. The zero-order valence-electron chi connectivity index (χ0n) is 19.2. The normalized spacial score (nSPS) is 17.1. The van der Waals surface area contributed by atoms with Crippen molar-refractivity contribution in [2.45, 2.75) is 19.0 Å². The molecule has 1 atom stereocenters. The minimum Gasteiger partial charge on any atom is -0.494 e. The number of aromatic hydroxyl groups is 1. The number of carbonyl (C=O) groups is 2. The lowest BCUT2D eigenvalue weighted by Crippen LogP contribution is -2.47. The lowest BCUT2D eigenvalue weighted by atomic mass is 9.88. The molecule has 176 valence electrons. The van der Waals surface area contributed by atoms with Gasteiger partial charge in [-0.3, -0.25) is 14.8 Å². The van der Waals surface area contributed by atoms with Crippen LogP contribution in [0.2, 0.25) is 0 Å². The van der Waals surface area contributed by atoms with Crippen molar-refractivity contribution < 1.29 is 19.4 Å². The summed E-state index contributed by atoms with van der Waals surface area (Å²) in [5.41, 5.74) is 1.06. The monoisotopic (exact) mass is 469 g/mol. The maximum Gasteiger partial charge on any atom is 0.322 e. The van der Waals surface area contributed by atoms with Crippen molar-refractivity contribution in [1.29, 1.82) is 0 Å². The van der Waals surface area contributed by atoms with Crippen LogP contribution < -0.4 is 15.4 Å². The lowest BCUT2D eigenvalue weighted by Gasteiger charge is -2.27. The van der Waals surface area contributed by atoms with Crippen LogP contribution in [0.3, 0.4) is 0 Å². The van der Waals surface area contributed by atoms with Gasteiger partial charge in [0.15, 0.2) is 11.4 Å². The Morgan fingerprint density at radius 1 is 1.11 bits per heavy atom. The molecule has 0 unspecified atom stereocenters. The van der Waals surface area contributed by atoms with Crippen LogP contribution in [0, 0.1) is 11.8 Å². The summed E-state index contributed by atoms with van der Waals surface area (Å²) in [6, 6.07) is 12.1. The molecule has 2 aromatic carbocycles. The number of aromatic nitrogens is 3. The predicted octanol–water partition coefficient (Wildman–Crippen LogP) is 2.88. The highest BCUT2D eigenvalue weighted by atomic mass is 16.5. The molecule has 4 aromatic rings. The second-order valence-corrected chi connectivity index (χ2v) is 8.34. The van der Waals surface area contributed by atoms with E-state index < -0.39 is 17.5 Å². The molecule has 0 spiro atoms. The number of nitrogens with one attached hydrogen (secondary N) is 2. The van der Waals surface area contributed by atoms with E-state index in [0.29, 0.717) is 16.7 Å². The molecular weight excluding hydrogens is 446 g/mol. The minimum atomic E-state index is -1.40. The van der Waals surface area contributed by atoms with Gasteiger partial charge in [0, 0.05) is 35.8 Å². The molecule has 35 heavy (non-hydrogen) atoms. The Bertz CT molecular complexity index is 1510. The minimum absolute atomic E-state index is 0.00513. The number of urea groups is 1. The number of benzene rings is 2. The third-order valence-corrected chi connectivity index (χ3v) is 6.09. The summed E-state index contributed by atoms with van der Waals surface area (Å²) in [5.74, 6) is 5.64. The molecule has 1 fully saturated rings. The van der Waals surface area contributed by atoms with Crippen LogP contribution >= 0.6 is 0 Å². The van der Waals surface area contributed by atoms with Gasteiger partial charge in [-0.25, -0.2) is 4.79 Å². The van der Waals surface area contributed by atoms with Gasteiger partial charge in [-0.15, -0.1) is 5.92 Å². The molecular formula is C26H23N5O4. The molecule has 1 saturated heterocycles. The number of nitrogens with zero attached hydrogens (tertiary/aromatic N) is 3. The highest BCUT2D eigenvalue weighted by molar-refractivity contribution is 6.07.